The number of carbonyl (C=O) groups is 1. The van der Waals surface area contributed by atoms with Gasteiger partial charge in [-0.25, -0.2) is 0 Å². The van der Waals surface area contributed by atoms with Crippen molar-refractivity contribution in [3.63, 3.8) is 0 Å². The summed E-state index contributed by atoms with van der Waals surface area (Å²) < 4.78 is 37.6. The maximum Gasteiger partial charge on any atom is 0.416 e. The molecule has 1 amide bonds. The molecule has 0 radical (unpaired) electrons. The van der Waals surface area contributed by atoms with Gasteiger partial charge in [0.25, 0.3) is 0 Å². The molecular weight excluding hydrogens is 302 g/mol. The molecule has 0 aliphatic rings. The first-order valence-electron chi connectivity index (χ1n) is 5.56. The van der Waals surface area contributed by atoms with Crippen LogP contribution in [0.5, 0.6) is 0 Å². The van der Waals surface area contributed by atoms with Gasteiger partial charge in [-0.05, 0) is 31.0 Å². The van der Waals surface area contributed by atoms with Crippen molar-refractivity contribution in [2.24, 2.45) is 0 Å². The van der Waals surface area contributed by atoms with E-state index in [2.05, 4.69) is 5.32 Å². The van der Waals surface area contributed by atoms with Crippen LogP contribution in [0.2, 0.25) is 5.02 Å². The standard InChI is InChI=1S/C12H12Cl2F3NO/c13-4-2-1-3-11(19)18-10-6-8(12(15,16)17)5-9(14)7-10/h5-7H,1-4H2,(H,18,19). The van der Waals surface area contributed by atoms with Crippen molar-refractivity contribution in [3.05, 3.63) is 28.8 Å². The average Bonchev–Trinajstić information content (AvgIpc) is 2.27. The summed E-state index contributed by atoms with van der Waals surface area (Å²) in [6.45, 7) is 0. The lowest BCUT2D eigenvalue weighted by Gasteiger charge is -2.11. The van der Waals surface area contributed by atoms with Crippen LogP contribution in [-0.4, -0.2) is 11.8 Å². The van der Waals surface area contributed by atoms with Crippen LogP contribution in [-0.2, 0) is 11.0 Å². The lowest BCUT2D eigenvalue weighted by molar-refractivity contribution is -0.137. The molecule has 0 fully saturated rings. The van der Waals surface area contributed by atoms with E-state index < -0.39 is 11.7 Å². The minimum Gasteiger partial charge on any atom is -0.326 e. The van der Waals surface area contributed by atoms with Gasteiger partial charge in [0.1, 0.15) is 0 Å². The Morgan fingerprint density at radius 2 is 1.89 bits per heavy atom. The minimum atomic E-state index is -4.50. The highest BCUT2D eigenvalue weighted by atomic mass is 35.5. The Hall–Kier alpha value is -0.940. The smallest absolute Gasteiger partial charge is 0.326 e. The molecule has 1 aromatic rings. The Bertz CT molecular complexity index is 449. The zero-order valence-electron chi connectivity index (χ0n) is 9.86. The molecule has 2 nitrogen and oxygen atoms in total. The fraction of sp³-hybridized carbons (Fsp3) is 0.417. The van der Waals surface area contributed by atoms with E-state index in [-0.39, 0.29) is 23.0 Å². The number of benzene rings is 1. The van der Waals surface area contributed by atoms with Crippen molar-refractivity contribution >= 4 is 34.8 Å². The van der Waals surface area contributed by atoms with E-state index in [1.54, 1.807) is 0 Å². The van der Waals surface area contributed by atoms with Gasteiger partial charge >= 0.3 is 6.18 Å². The van der Waals surface area contributed by atoms with Crippen molar-refractivity contribution in [1.29, 1.82) is 0 Å². The average molecular weight is 314 g/mol. The Kier molecular flexibility index (Phi) is 5.94. The van der Waals surface area contributed by atoms with Crippen LogP contribution in [0.1, 0.15) is 24.8 Å². The summed E-state index contributed by atoms with van der Waals surface area (Å²) in [5, 5.41) is 2.31. The third kappa shape index (κ3) is 5.70. The summed E-state index contributed by atoms with van der Waals surface area (Å²) in [5.74, 6) is 0.0864. The highest BCUT2D eigenvalue weighted by Gasteiger charge is 2.31. The molecule has 0 heterocycles. The molecule has 7 heteroatoms. The van der Waals surface area contributed by atoms with Gasteiger partial charge in [-0.15, -0.1) is 11.6 Å². The third-order valence-electron chi connectivity index (χ3n) is 2.30. The summed E-state index contributed by atoms with van der Waals surface area (Å²) >= 11 is 11.1. The molecule has 0 atom stereocenters. The number of anilines is 1. The summed E-state index contributed by atoms with van der Waals surface area (Å²) in [7, 11) is 0. The van der Waals surface area contributed by atoms with Crippen LogP contribution in [0.15, 0.2) is 18.2 Å². The van der Waals surface area contributed by atoms with Crippen LogP contribution in [0.4, 0.5) is 18.9 Å². The highest BCUT2D eigenvalue weighted by molar-refractivity contribution is 6.31. The second-order valence-corrected chi connectivity index (χ2v) is 4.74. The van der Waals surface area contributed by atoms with Crippen molar-refractivity contribution < 1.29 is 18.0 Å². The van der Waals surface area contributed by atoms with Gasteiger partial charge in [-0.1, -0.05) is 11.6 Å². The van der Waals surface area contributed by atoms with Crippen molar-refractivity contribution in [2.75, 3.05) is 11.2 Å². The predicted octanol–water partition coefficient (Wildman–Crippen LogP) is 4.71. The molecule has 0 aliphatic carbocycles. The van der Waals surface area contributed by atoms with E-state index in [4.69, 9.17) is 23.2 Å². The van der Waals surface area contributed by atoms with Gasteiger partial charge < -0.3 is 5.32 Å². The quantitative estimate of drug-likeness (QED) is 0.619. The van der Waals surface area contributed by atoms with Gasteiger partial charge in [-0.2, -0.15) is 13.2 Å². The highest BCUT2D eigenvalue weighted by Crippen LogP contribution is 2.33. The Morgan fingerprint density at radius 3 is 2.47 bits per heavy atom. The number of unbranched alkanes of at least 4 members (excludes halogenated alkanes) is 1. The van der Waals surface area contributed by atoms with E-state index in [1.807, 2.05) is 0 Å². The first-order valence-corrected chi connectivity index (χ1v) is 6.48. The molecule has 1 N–H and O–H groups in total. The molecule has 0 unspecified atom stereocenters. The molecular formula is C12H12Cl2F3NO. The van der Waals surface area contributed by atoms with Crippen molar-refractivity contribution in [3.8, 4) is 0 Å². The fourth-order valence-electron chi connectivity index (χ4n) is 1.43. The van der Waals surface area contributed by atoms with Gasteiger partial charge in [0.2, 0.25) is 5.91 Å². The van der Waals surface area contributed by atoms with Crippen molar-refractivity contribution in [2.45, 2.75) is 25.4 Å². The van der Waals surface area contributed by atoms with E-state index in [1.165, 1.54) is 6.07 Å². The van der Waals surface area contributed by atoms with Crippen molar-refractivity contribution in [1.82, 2.24) is 0 Å². The first kappa shape index (κ1) is 16.1. The van der Waals surface area contributed by atoms with Gasteiger partial charge in [0, 0.05) is 23.0 Å². The largest absolute Gasteiger partial charge is 0.416 e. The monoisotopic (exact) mass is 313 g/mol. The van der Waals surface area contributed by atoms with Crippen LogP contribution in [0, 0.1) is 0 Å². The van der Waals surface area contributed by atoms with Crippen LogP contribution in [0.3, 0.4) is 0 Å². The Balaban J connectivity index is 2.73. The predicted molar refractivity (Wildman–Crippen MR) is 69.7 cm³/mol. The number of hydrogen-bond acceptors (Lipinski definition) is 1. The molecule has 1 rings (SSSR count). The summed E-state index contributed by atoms with van der Waals surface area (Å²) in [6.07, 6.45) is -3.02. The van der Waals surface area contributed by atoms with Crippen LogP contribution >= 0.6 is 23.2 Å². The number of halogens is 5. The molecule has 1 aromatic carbocycles. The molecule has 0 spiro atoms. The molecule has 0 saturated carbocycles. The lowest BCUT2D eigenvalue weighted by Crippen LogP contribution is -2.12. The zero-order chi connectivity index (χ0) is 14.5. The summed E-state index contributed by atoms with van der Waals surface area (Å²) in [6, 6.07) is 2.94. The SMILES string of the molecule is O=C(CCCCCl)Nc1cc(Cl)cc(C(F)(F)F)c1. The Morgan fingerprint density at radius 1 is 1.21 bits per heavy atom. The van der Waals surface area contributed by atoms with Crippen LogP contribution < -0.4 is 5.32 Å². The molecule has 106 valence electrons. The molecule has 19 heavy (non-hydrogen) atoms. The second-order valence-electron chi connectivity index (χ2n) is 3.92. The number of rotatable bonds is 5. The van der Waals surface area contributed by atoms with Crippen LogP contribution in [0.25, 0.3) is 0 Å². The maximum atomic E-state index is 12.5. The van der Waals surface area contributed by atoms with E-state index in [9.17, 15) is 18.0 Å². The lowest BCUT2D eigenvalue weighted by atomic mass is 10.2. The normalized spacial score (nSPS) is 11.4. The Labute approximate surface area is 118 Å². The molecule has 0 saturated heterocycles. The summed E-state index contributed by atoms with van der Waals surface area (Å²) in [5.41, 5.74) is -0.855. The molecule has 0 bridgehead atoms. The van der Waals surface area contributed by atoms with Gasteiger partial charge in [-0.3, -0.25) is 4.79 Å². The van der Waals surface area contributed by atoms with E-state index in [0.717, 1.165) is 12.1 Å². The first-order chi connectivity index (χ1) is 8.82. The van der Waals surface area contributed by atoms with Gasteiger partial charge in [0.15, 0.2) is 0 Å². The van der Waals surface area contributed by atoms with Gasteiger partial charge in [0.05, 0.1) is 5.56 Å². The number of hydrogen-bond donors (Lipinski definition) is 1. The maximum absolute atomic E-state index is 12.5. The molecule has 0 aromatic heterocycles. The molecule has 0 aliphatic heterocycles. The minimum absolute atomic E-state index is 0.0377. The van der Waals surface area contributed by atoms with E-state index in [0.29, 0.717) is 18.7 Å². The fourth-order valence-corrected chi connectivity index (χ4v) is 1.85. The number of carbonyl (C=O) groups excluding carboxylic acids is 1. The number of nitrogens with one attached hydrogen (secondary N) is 1. The van der Waals surface area contributed by atoms with E-state index >= 15 is 0 Å². The third-order valence-corrected chi connectivity index (χ3v) is 2.78. The second kappa shape index (κ2) is 7.01. The zero-order valence-corrected chi connectivity index (χ0v) is 11.4. The number of alkyl halides is 4. The number of amides is 1. The topological polar surface area (TPSA) is 29.1 Å². The summed E-state index contributed by atoms with van der Waals surface area (Å²) in [4.78, 5) is 11.5.